The van der Waals surface area contributed by atoms with E-state index in [1.54, 1.807) is 0 Å². The maximum Gasteiger partial charge on any atom is 0.238 e. The largest absolute Gasteiger partial charge is 0.456 e. The molecule has 0 saturated heterocycles. The van der Waals surface area contributed by atoms with Gasteiger partial charge in [0.1, 0.15) is 11.2 Å². The van der Waals surface area contributed by atoms with Crippen molar-refractivity contribution in [3.05, 3.63) is 188 Å². The Labute approximate surface area is 326 Å². The SMILES string of the molecule is c1ccc(-c2ccc3c4ccccc4n(-c4ccc5oc6ccc(-c7nc(-c8ccccc8)nc(-n8c9ccccc9c9ccccc98)n7)cc6c5c4)c3c2)cc1. The van der Waals surface area contributed by atoms with E-state index < -0.39 is 0 Å². The molecule has 0 aliphatic carbocycles. The second-order valence-corrected chi connectivity index (χ2v) is 14.5. The molecule has 8 aromatic carbocycles. The lowest BCUT2D eigenvalue weighted by molar-refractivity contribution is 0.669. The van der Waals surface area contributed by atoms with Gasteiger partial charge in [-0.3, -0.25) is 4.57 Å². The van der Waals surface area contributed by atoms with E-state index in [0.29, 0.717) is 17.6 Å². The van der Waals surface area contributed by atoms with E-state index in [4.69, 9.17) is 19.4 Å². The van der Waals surface area contributed by atoms with Gasteiger partial charge in [-0.1, -0.05) is 127 Å². The van der Waals surface area contributed by atoms with Gasteiger partial charge in [0, 0.05) is 49.1 Å². The molecular formula is C51H31N5O. The van der Waals surface area contributed by atoms with Crippen LogP contribution in [0.4, 0.5) is 0 Å². The number of nitrogens with zero attached hydrogens (tertiary/aromatic N) is 5. The highest BCUT2D eigenvalue weighted by molar-refractivity contribution is 6.12. The summed E-state index contributed by atoms with van der Waals surface area (Å²) in [7, 11) is 0. The van der Waals surface area contributed by atoms with Gasteiger partial charge in [0.05, 0.1) is 22.1 Å². The maximum atomic E-state index is 6.47. The molecule has 0 spiro atoms. The molecule has 12 rings (SSSR count). The fraction of sp³-hybridized carbons (Fsp3) is 0. The quantitative estimate of drug-likeness (QED) is 0.177. The molecule has 4 heterocycles. The van der Waals surface area contributed by atoms with Gasteiger partial charge in [-0.2, -0.15) is 9.97 Å². The summed E-state index contributed by atoms with van der Waals surface area (Å²) in [5.74, 6) is 1.76. The Balaban J connectivity index is 1.06. The lowest BCUT2D eigenvalue weighted by Gasteiger charge is -2.11. The number of rotatable bonds is 5. The normalized spacial score (nSPS) is 11.9. The van der Waals surface area contributed by atoms with E-state index in [-0.39, 0.29) is 0 Å². The van der Waals surface area contributed by atoms with Crippen molar-refractivity contribution in [2.75, 3.05) is 0 Å². The van der Waals surface area contributed by atoms with E-state index in [9.17, 15) is 0 Å². The number of furan rings is 1. The third kappa shape index (κ3) is 4.94. The first-order chi connectivity index (χ1) is 28.2. The first-order valence-electron chi connectivity index (χ1n) is 19.1. The Kier molecular flexibility index (Phi) is 6.83. The van der Waals surface area contributed by atoms with Crippen LogP contribution in [0.3, 0.4) is 0 Å². The molecule has 6 heteroatoms. The molecule has 12 aromatic rings. The molecular weight excluding hydrogens is 699 g/mol. The number of para-hydroxylation sites is 3. The van der Waals surface area contributed by atoms with E-state index in [2.05, 4.69) is 155 Å². The molecule has 0 aliphatic heterocycles. The third-order valence-electron chi connectivity index (χ3n) is 11.2. The number of benzene rings is 8. The Hall–Kier alpha value is -7.83. The topological polar surface area (TPSA) is 61.7 Å². The second-order valence-electron chi connectivity index (χ2n) is 14.5. The van der Waals surface area contributed by atoms with E-state index in [1.165, 1.54) is 21.9 Å². The average molecular weight is 730 g/mol. The van der Waals surface area contributed by atoms with Crippen molar-refractivity contribution < 1.29 is 4.42 Å². The lowest BCUT2D eigenvalue weighted by atomic mass is 10.0. The van der Waals surface area contributed by atoms with Crippen molar-refractivity contribution in [2.24, 2.45) is 0 Å². The van der Waals surface area contributed by atoms with Gasteiger partial charge in [-0.15, -0.1) is 0 Å². The Morgan fingerprint density at radius 3 is 1.49 bits per heavy atom. The van der Waals surface area contributed by atoms with Crippen LogP contribution in [0.15, 0.2) is 192 Å². The number of fused-ring (bicyclic) bond motifs is 9. The van der Waals surface area contributed by atoms with Crippen molar-refractivity contribution in [3.8, 4) is 45.5 Å². The Morgan fingerprint density at radius 1 is 0.316 bits per heavy atom. The van der Waals surface area contributed by atoms with Crippen LogP contribution in [0.1, 0.15) is 0 Å². The molecule has 0 atom stereocenters. The fourth-order valence-corrected chi connectivity index (χ4v) is 8.55. The van der Waals surface area contributed by atoms with Crippen molar-refractivity contribution in [1.29, 1.82) is 0 Å². The highest BCUT2D eigenvalue weighted by Crippen LogP contribution is 2.39. The van der Waals surface area contributed by atoms with Gasteiger partial charge in [-0.25, -0.2) is 4.98 Å². The standard InChI is InChI=1S/C51H31N5O/c1-3-13-32(14-4-1)34-23-26-40-39-19-7-10-20-43(39)55(46(40)30-34)36-25-28-48-42(31-36)41-29-35(24-27-47(41)57-48)50-52-49(33-15-5-2-6-16-33)53-51(54-50)56-44-21-11-8-17-37(44)38-18-9-12-22-45(38)56/h1-31H. The molecule has 0 bridgehead atoms. The van der Waals surface area contributed by atoms with Gasteiger partial charge in [0.15, 0.2) is 11.6 Å². The highest BCUT2D eigenvalue weighted by atomic mass is 16.3. The second kappa shape index (κ2) is 12.3. The molecule has 0 unspecified atom stereocenters. The molecule has 0 radical (unpaired) electrons. The lowest BCUT2D eigenvalue weighted by Crippen LogP contribution is -2.06. The molecule has 0 saturated carbocycles. The summed E-state index contributed by atoms with van der Waals surface area (Å²) in [6.45, 7) is 0. The first kappa shape index (κ1) is 31.5. The third-order valence-corrected chi connectivity index (χ3v) is 11.2. The predicted octanol–water partition coefficient (Wildman–Crippen LogP) is 13.0. The molecule has 0 aliphatic rings. The predicted molar refractivity (Wildman–Crippen MR) is 232 cm³/mol. The maximum absolute atomic E-state index is 6.47. The van der Waals surface area contributed by atoms with Crippen LogP contribution < -0.4 is 0 Å². The van der Waals surface area contributed by atoms with E-state index >= 15 is 0 Å². The average Bonchev–Trinajstić information content (AvgIpc) is 3.93. The van der Waals surface area contributed by atoms with E-state index in [1.807, 2.05) is 42.5 Å². The van der Waals surface area contributed by atoms with Gasteiger partial charge in [0.25, 0.3) is 0 Å². The Bertz CT molecular complexity index is 3470. The Morgan fingerprint density at radius 2 is 0.825 bits per heavy atom. The first-order valence-corrected chi connectivity index (χ1v) is 19.1. The van der Waals surface area contributed by atoms with Crippen molar-refractivity contribution in [2.45, 2.75) is 0 Å². The zero-order chi connectivity index (χ0) is 37.5. The van der Waals surface area contributed by atoms with Crippen LogP contribution in [-0.2, 0) is 0 Å². The summed E-state index contributed by atoms with van der Waals surface area (Å²) in [4.78, 5) is 15.4. The van der Waals surface area contributed by atoms with Crippen LogP contribution in [0.5, 0.6) is 0 Å². The summed E-state index contributed by atoms with van der Waals surface area (Å²) in [5.41, 5.74) is 11.2. The van der Waals surface area contributed by atoms with Gasteiger partial charge in [-0.05, 0) is 71.8 Å². The number of hydrogen-bond donors (Lipinski definition) is 0. The molecule has 57 heavy (non-hydrogen) atoms. The van der Waals surface area contributed by atoms with Crippen LogP contribution in [0.2, 0.25) is 0 Å². The molecule has 4 aromatic heterocycles. The van der Waals surface area contributed by atoms with E-state index in [0.717, 1.165) is 71.6 Å². The minimum Gasteiger partial charge on any atom is -0.456 e. The minimum atomic E-state index is 0.567. The van der Waals surface area contributed by atoms with Crippen molar-refractivity contribution >= 4 is 65.6 Å². The fourth-order valence-electron chi connectivity index (χ4n) is 8.55. The minimum absolute atomic E-state index is 0.567. The molecule has 6 nitrogen and oxygen atoms in total. The van der Waals surface area contributed by atoms with Gasteiger partial charge < -0.3 is 8.98 Å². The summed E-state index contributed by atoms with van der Waals surface area (Å²) < 4.78 is 11.0. The summed E-state index contributed by atoms with van der Waals surface area (Å²) >= 11 is 0. The van der Waals surface area contributed by atoms with Crippen LogP contribution >= 0.6 is 0 Å². The summed E-state index contributed by atoms with van der Waals surface area (Å²) in [6, 6.07) is 65.7. The summed E-state index contributed by atoms with van der Waals surface area (Å²) in [6.07, 6.45) is 0. The number of hydrogen-bond acceptors (Lipinski definition) is 4. The molecule has 0 N–H and O–H groups in total. The molecule has 0 amide bonds. The molecule has 0 fully saturated rings. The highest BCUT2D eigenvalue weighted by Gasteiger charge is 2.20. The van der Waals surface area contributed by atoms with Crippen molar-refractivity contribution in [3.63, 3.8) is 0 Å². The van der Waals surface area contributed by atoms with Crippen LogP contribution in [-0.4, -0.2) is 24.1 Å². The van der Waals surface area contributed by atoms with Gasteiger partial charge >= 0.3 is 0 Å². The smallest absolute Gasteiger partial charge is 0.238 e. The summed E-state index contributed by atoms with van der Waals surface area (Å²) in [5, 5.41) is 6.75. The monoisotopic (exact) mass is 729 g/mol. The zero-order valence-corrected chi connectivity index (χ0v) is 30.5. The van der Waals surface area contributed by atoms with Crippen molar-refractivity contribution in [1.82, 2.24) is 24.1 Å². The van der Waals surface area contributed by atoms with Crippen LogP contribution in [0.25, 0.3) is 111 Å². The van der Waals surface area contributed by atoms with Gasteiger partial charge in [0.2, 0.25) is 5.95 Å². The van der Waals surface area contributed by atoms with Crippen LogP contribution in [0, 0.1) is 0 Å². The number of aromatic nitrogens is 5. The zero-order valence-electron chi connectivity index (χ0n) is 30.5. The molecule has 266 valence electrons.